The van der Waals surface area contributed by atoms with Gasteiger partial charge in [0.1, 0.15) is 5.82 Å². The first kappa shape index (κ1) is 18.1. The monoisotopic (exact) mass is 349 g/mol. The van der Waals surface area contributed by atoms with Crippen LogP contribution in [0.25, 0.3) is 0 Å². The molecule has 0 spiro atoms. The number of nitrogens with zero attached hydrogens (tertiary/aromatic N) is 2. The number of nitrogens with one attached hydrogen (secondary N) is 1. The lowest BCUT2D eigenvalue weighted by Gasteiger charge is -2.36. The fourth-order valence-corrected chi connectivity index (χ4v) is 3.95. The zero-order chi connectivity index (χ0) is 18.0. The predicted molar refractivity (Wildman–Crippen MR) is 97.3 cm³/mol. The molecule has 2 aliphatic rings. The fraction of sp³-hybridized carbons (Fsp3) is 0.632. The molecule has 2 atom stereocenters. The molecule has 1 aliphatic heterocycles. The zero-order valence-corrected chi connectivity index (χ0v) is 15.0. The van der Waals surface area contributed by atoms with E-state index in [0.717, 1.165) is 32.4 Å². The standard InChI is InChI=1S/C19H28FN3O2/c1-22(2)14-8-10-23(11-9-14)17-7-6-13(12-16(17)20)21-19(25)15-4-3-5-18(15)24/h6-7,12,14-15,18,24H,3-5,8-11H2,1-2H3,(H,21,25). The van der Waals surface area contributed by atoms with Gasteiger partial charge in [0.05, 0.1) is 17.7 Å². The van der Waals surface area contributed by atoms with Crippen LogP contribution >= 0.6 is 0 Å². The van der Waals surface area contributed by atoms with Crippen LogP contribution in [0.1, 0.15) is 32.1 Å². The normalized spacial score (nSPS) is 24.8. The highest BCUT2D eigenvalue weighted by atomic mass is 19.1. The summed E-state index contributed by atoms with van der Waals surface area (Å²) in [5.74, 6) is -0.912. The molecular formula is C19H28FN3O2. The van der Waals surface area contributed by atoms with Crippen molar-refractivity contribution in [3.8, 4) is 0 Å². The molecule has 1 heterocycles. The highest BCUT2D eigenvalue weighted by Gasteiger charge is 2.31. The number of amides is 1. The predicted octanol–water partition coefficient (Wildman–Crippen LogP) is 2.46. The number of hydrogen-bond acceptors (Lipinski definition) is 4. The van der Waals surface area contributed by atoms with Crippen LogP contribution in [-0.2, 0) is 4.79 Å². The summed E-state index contributed by atoms with van der Waals surface area (Å²) in [7, 11) is 4.17. The maximum atomic E-state index is 14.5. The van der Waals surface area contributed by atoms with E-state index in [1.165, 1.54) is 6.07 Å². The Hall–Kier alpha value is -1.66. The molecule has 25 heavy (non-hydrogen) atoms. The van der Waals surface area contributed by atoms with Gasteiger partial charge in [-0.2, -0.15) is 0 Å². The van der Waals surface area contributed by atoms with Gasteiger partial charge in [-0.25, -0.2) is 4.39 Å². The smallest absolute Gasteiger partial charge is 0.230 e. The average molecular weight is 349 g/mol. The van der Waals surface area contributed by atoms with Crippen LogP contribution in [0.4, 0.5) is 15.8 Å². The number of carbonyl (C=O) groups excluding carboxylic acids is 1. The van der Waals surface area contributed by atoms with Crippen LogP contribution in [0, 0.1) is 11.7 Å². The number of carbonyl (C=O) groups is 1. The lowest BCUT2D eigenvalue weighted by molar-refractivity contribution is -0.122. The summed E-state index contributed by atoms with van der Waals surface area (Å²) < 4.78 is 14.5. The van der Waals surface area contributed by atoms with Crippen LogP contribution in [-0.4, -0.2) is 55.2 Å². The minimum Gasteiger partial charge on any atom is -0.392 e. The molecule has 1 aliphatic carbocycles. The van der Waals surface area contributed by atoms with E-state index in [9.17, 15) is 14.3 Å². The molecule has 0 radical (unpaired) electrons. The van der Waals surface area contributed by atoms with E-state index >= 15 is 0 Å². The zero-order valence-electron chi connectivity index (χ0n) is 15.0. The summed E-state index contributed by atoms with van der Waals surface area (Å²) in [6.45, 7) is 1.67. The number of rotatable bonds is 4. The molecule has 0 bridgehead atoms. The molecule has 6 heteroatoms. The number of benzene rings is 1. The summed E-state index contributed by atoms with van der Waals surface area (Å²) in [5.41, 5.74) is 1.05. The Bertz CT molecular complexity index is 615. The van der Waals surface area contributed by atoms with E-state index < -0.39 is 6.10 Å². The molecular weight excluding hydrogens is 321 g/mol. The molecule has 1 saturated carbocycles. The summed E-state index contributed by atoms with van der Waals surface area (Å²) in [6.07, 6.45) is 3.66. The van der Waals surface area contributed by atoms with Gasteiger partial charge in [0.25, 0.3) is 0 Å². The highest BCUT2D eigenvalue weighted by Crippen LogP contribution is 2.29. The number of piperidine rings is 1. The van der Waals surface area contributed by atoms with Crippen molar-refractivity contribution in [2.75, 3.05) is 37.4 Å². The summed E-state index contributed by atoms with van der Waals surface area (Å²) in [6, 6.07) is 5.42. The van der Waals surface area contributed by atoms with Gasteiger partial charge < -0.3 is 20.2 Å². The number of hydrogen-bond donors (Lipinski definition) is 2. The summed E-state index contributed by atoms with van der Waals surface area (Å²) >= 11 is 0. The van der Waals surface area contributed by atoms with E-state index in [2.05, 4.69) is 29.2 Å². The number of halogens is 1. The molecule has 3 rings (SSSR count). The fourth-order valence-electron chi connectivity index (χ4n) is 3.95. The van der Waals surface area contributed by atoms with E-state index in [-0.39, 0.29) is 17.6 Å². The van der Waals surface area contributed by atoms with Crippen molar-refractivity contribution in [3.63, 3.8) is 0 Å². The summed E-state index contributed by atoms with van der Waals surface area (Å²) in [4.78, 5) is 16.5. The second-order valence-corrected chi connectivity index (χ2v) is 7.44. The Balaban J connectivity index is 1.62. The Morgan fingerprint density at radius 3 is 2.52 bits per heavy atom. The average Bonchev–Trinajstić information content (AvgIpc) is 3.01. The maximum Gasteiger partial charge on any atom is 0.230 e. The first-order valence-electron chi connectivity index (χ1n) is 9.15. The molecule has 2 N–H and O–H groups in total. The molecule has 2 fully saturated rings. The number of anilines is 2. The van der Waals surface area contributed by atoms with E-state index in [4.69, 9.17) is 0 Å². The molecule has 2 unspecified atom stereocenters. The van der Waals surface area contributed by atoms with Gasteiger partial charge in [-0.05, 0) is 64.4 Å². The summed E-state index contributed by atoms with van der Waals surface area (Å²) in [5, 5.41) is 12.6. The van der Waals surface area contributed by atoms with Crippen LogP contribution in [0.3, 0.4) is 0 Å². The van der Waals surface area contributed by atoms with Crippen molar-refractivity contribution in [1.29, 1.82) is 0 Å². The lowest BCUT2D eigenvalue weighted by Crippen LogP contribution is -2.42. The molecule has 5 nitrogen and oxygen atoms in total. The highest BCUT2D eigenvalue weighted by molar-refractivity contribution is 5.93. The van der Waals surface area contributed by atoms with Crippen molar-refractivity contribution < 1.29 is 14.3 Å². The van der Waals surface area contributed by atoms with Gasteiger partial charge in [0, 0.05) is 24.8 Å². The molecule has 138 valence electrons. The van der Waals surface area contributed by atoms with Crippen molar-refractivity contribution >= 4 is 17.3 Å². The van der Waals surface area contributed by atoms with Gasteiger partial charge in [-0.15, -0.1) is 0 Å². The lowest BCUT2D eigenvalue weighted by atomic mass is 10.0. The quantitative estimate of drug-likeness (QED) is 0.877. The number of aliphatic hydroxyl groups excluding tert-OH is 1. The molecule has 1 amide bonds. The van der Waals surface area contributed by atoms with Gasteiger partial charge >= 0.3 is 0 Å². The van der Waals surface area contributed by atoms with Crippen LogP contribution in [0.5, 0.6) is 0 Å². The third kappa shape index (κ3) is 4.12. The maximum absolute atomic E-state index is 14.5. The van der Waals surface area contributed by atoms with Gasteiger partial charge in [0.15, 0.2) is 0 Å². The molecule has 1 saturated heterocycles. The third-order valence-corrected chi connectivity index (χ3v) is 5.57. The minimum atomic E-state index is -0.581. The van der Waals surface area contributed by atoms with Gasteiger partial charge in [-0.3, -0.25) is 4.79 Å². The second-order valence-electron chi connectivity index (χ2n) is 7.44. The third-order valence-electron chi connectivity index (χ3n) is 5.57. The second kappa shape index (κ2) is 7.70. The number of aliphatic hydroxyl groups is 1. The van der Waals surface area contributed by atoms with Crippen molar-refractivity contribution in [2.24, 2.45) is 5.92 Å². The van der Waals surface area contributed by atoms with Crippen molar-refractivity contribution in [1.82, 2.24) is 4.90 Å². The van der Waals surface area contributed by atoms with E-state index in [0.29, 0.717) is 30.3 Å². The Morgan fingerprint density at radius 1 is 1.24 bits per heavy atom. The molecule has 0 aromatic heterocycles. The SMILES string of the molecule is CN(C)C1CCN(c2ccc(NC(=O)C3CCCC3O)cc2F)CC1. The Morgan fingerprint density at radius 2 is 1.96 bits per heavy atom. The van der Waals surface area contributed by atoms with Crippen molar-refractivity contribution in [2.45, 2.75) is 44.2 Å². The van der Waals surface area contributed by atoms with E-state index in [1.807, 2.05) is 0 Å². The molecule has 1 aromatic carbocycles. The van der Waals surface area contributed by atoms with Gasteiger partial charge in [0.2, 0.25) is 5.91 Å². The van der Waals surface area contributed by atoms with Crippen LogP contribution in [0.15, 0.2) is 18.2 Å². The largest absolute Gasteiger partial charge is 0.392 e. The minimum absolute atomic E-state index is 0.219. The van der Waals surface area contributed by atoms with Crippen LogP contribution in [0.2, 0.25) is 0 Å². The Labute approximate surface area is 148 Å². The molecule has 1 aromatic rings. The van der Waals surface area contributed by atoms with Crippen LogP contribution < -0.4 is 10.2 Å². The first-order valence-corrected chi connectivity index (χ1v) is 9.15. The van der Waals surface area contributed by atoms with Crippen molar-refractivity contribution in [3.05, 3.63) is 24.0 Å². The van der Waals surface area contributed by atoms with Gasteiger partial charge in [-0.1, -0.05) is 0 Å². The topological polar surface area (TPSA) is 55.8 Å². The first-order chi connectivity index (χ1) is 12.0. The van der Waals surface area contributed by atoms with E-state index in [1.54, 1.807) is 12.1 Å². The Kier molecular flexibility index (Phi) is 5.59.